The number of carbonyl (C=O) groups is 2. The molecule has 5 aromatic carbocycles. The van der Waals surface area contributed by atoms with E-state index in [1.165, 1.54) is 66.4 Å². The summed E-state index contributed by atoms with van der Waals surface area (Å²) in [6, 6.07) is 35.3. The van der Waals surface area contributed by atoms with E-state index in [4.69, 9.17) is 44.0 Å². The smallest absolute Gasteiger partial charge is 0.163 e. The van der Waals surface area contributed by atoms with Crippen molar-refractivity contribution in [3.8, 4) is 74.0 Å². The van der Waals surface area contributed by atoms with Crippen LogP contribution in [0.3, 0.4) is 0 Å². The zero-order valence-electron chi connectivity index (χ0n) is 51.1. The zero-order valence-corrected chi connectivity index (χ0v) is 53.5. The second kappa shape index (κ2) is 28.7. The summed E-state index contributed by atoms with van der Waals surface area (Å²) in [6.45, 7) is 3.75. The first-order chi connectivity index (χ1) is 45.7. The highest BCUT2D eigenvalue weighted by Gasteiger charge is 2.30. The van der Waals surface area contributed by atoms with E-state index in [1.807, 2.05) is 25.1 Å². The number of aliphatic hydroxyl groups is 4. The number of hydrogen-bond acceptors (Lipinski definition) is 20. The van der Waals surface area contributed by atoms with Gasteiger partial charge in [-0.2, -0.15) is 0 Å². The minimum atomic E-state index is -0.972. The monoisotopic (exact) mass is 1330 g/mol. The number of halogens is 3. The summed E-state index contributed by atoms with van der Waals surface area (Å²) < 4.78 is 83.5. The highest BCUT2D eigenvalue weighted by atomic mass is 32.1. The molecule has 3 aliphatic heterocycles. The Hall–Kier alpha value is -9.04. The summed E-state index contributed by atoms with van der Waals surface area (Å²) in [5, 5.41) is 42.9. The molecule has 3 atom stereocenters. The first-order valence-electron chi connectivity index (χ1n) is 30.2. The average molecular weight is 1330 g/mol. The Morgan fingerprint density at radius 3 is 1.24 bits per heavy atom. The van der Waals surface area contributed by atoms with Crippen molar-refractivity contribution in [2.75, 3.05) is 40.6 Å². The first kappa shape index (κ1) is 65.0. The van der Waals surface area contributed by atoms with Crippen LogP contribution in [0, 0.1) is 17.5 Å². The fraction of sp³-hybridized carbons (Fsp3) is 0.254. The Bertz CT molecular complexity index is 4440. The lowest BCUT2D eigenvalue weighted by Gasteiger charge is -2.19. The topological polar surface area (TPSA) is 244 Å². The molecule has 3 unspecified atom stereocenters. The molecule has 0 fully saturated rings. The molecule has 3 aliphatic rings. The molecule has 0 saturated carbocycles. The van der Waals surface area contributed by atoms with Crippen molar-refractivity contribution in [2.45, 2.75) is 77.2 Å². The van der Waals surface area contributed by atoms with Gasteiger partial charge in [-0.25, -0.2) is 28.1 Å². The van der Waals surface area contributed by atoms with Gasteiger partial charge in [0.05, 0.1) is 85.5 Å². The van der Waals surface area contributed by atoms with Crippen molar-refractivity contribution in [3.05, 3.63) is 188 Å². The van der Waals surface area contributed by atoms with Gasteiger partial charge in [-0.3, -0.25) is 9.59 Å². The molecule has 484 valence electrons. The van der Waals surface area contributed by atoms with Crippen LogP contribution in [-0.2, 0) is 19.8 Å². The van der Waals surface area contributed by atoms with Gasteiger partial charge in [-0.05, 0) is 110 Å². The molecular weight excluding hydrogens is 1270 g/mol. The molecule has 14 rings (SSSR count). The molecule has 17 nitrogen and oxygen atoms in total. The molecule has 0 spiro atoms. The number of nitrogens with two attached hydrogens (primary N) is 1. The number of benzene rings is 5. The average Bonchev–Trinajstić information content (AvgIpc) is 1.60. The van der Waals surface area contributed by atoms with Crippen LogP contribution in [0.1, 0.15) is 110 Å². The molecular formula is C71H63F3N4O13S3. The standard InChI is InChI=1S/C28H26FNO5S.C27H24FNO6S.C16H13FN2O2S/c1-3-13-34-22-11-7-16(14-24(22)33-2)20(31)9-10-21(32)19-8-12-23-27(30-19)26-17-5-4-6-18(29)28(17)36-25(26)15-35-23;1-33-23-13-15(5-9-21(23)34-12-11-30)19(31)7-8-20(32)18-6-10-22-26(29-18)25-16-3-2-4-17(28)27(16)36-24(25)14-35-22;17-9-3-1-2-8-14-13(22-16(8)9)7-21-12-5-4-10(11(20)6-18)19-15(12)14/h4-8,11-12,14,21,32H,3,9-10,13,15H2,1-2H3;2-6,9-10,13,20,30,32H,7-8,11-12,14H2,1H3;1-5,11,20H,6-7,18H2. The molecule has 0 aliphatic carbocycles. The number of fused-ring (bicyclic) bond motifs is 15. The number of ether oxygens (including phenoxy) is 7. The van der Waals surface area contributed by atoms with E-state index in [-0.39, 0.29) is 74.5 Å². The van der Waals surface area contributed by atoms with Crippen LogP contribution in [0.25, 0.3) is 64.0 Å². The lowest BCUT2D eigenvalue weighted by atomic mass is 10.0. The minimum absolute atomic E-state index is 0.0915. The van der Waals surface area contributed by atoms with Crippen molar-refractivity contribution in [3.63, 3.8) is 0 Å². The normalized spacial score (nSPS) is 13.3. The largest absolute Gasteiger partial charge is 0.493 e. The van der Waals surface area contributed by atoms with Crippen molar-refractivity contribution >= 4 is 75.8 Å². The maximum atomic E-state index is 14.4. The van der Waals surface area contributed by atoms with Crippen molar-refractivity contribution in [1.29, 1.82) is 0 Å². The van der Waals surface area contributed by atoms with Crippen molar-refractivity contribution in [1.82, 2.24) is 15.0 Å². The van der Waals surface area contributed by atoms with Gasteiger partial charge in [0.1, 0.15) is 84.3 Å². The van der Waals surface area contributed by atoms with Crippen LogP contribution in [0.15, 0.2) is 127 Å². The highest BCUT2D eigenvalue weighted by Crippen LogP contribution is 2.49. The Kier molecular flexibility index (Phi) is 19.8. The van der Waals surface area contributed by atoms with Gasteiger partial charge >= 0.3 is 0 Å². The predicted molar refractivity (Wildman–Crippen MR) is 353 cm³/mol. The van der Waals surface area contributed by atoms with Crippen LogP contribution >= 0.6 is 34.0 Å². The Labute approximate surface area is 549 Å². The van der Waals surface area contributed by atoms with E-state index in [0.717, 1.165) is 53.9 Å². The van der Waals surface area contributed by atoms with E-state index in [2.05, 4.69) is 15.0 Å². The van der Waals surface area contributed by atoms with Crippen molar-refractivity contribution in [2.24, 2.45) is 5.73 Å². The zero-order chi connectivity index (χ0) is 65.7. The number of rotatable bonds is 20. The third-order valence-corrected chi connectivity index (χ3v) is 19.5. The van der Waals surface area contributed by atoms with E-state index in [9.17, 15) is 38.1 Å². The lowest BCUT2D eigenvalue weighted by Crippen LogP contribution is -2.14. The Balaban J connectivity index is 0.000000139. The van der Waals surface area contributed by atoms with Crippen LogP contribution in [-0.4, -0.2) is 87.5 Å². The second-order valence-electron chi connectivity index (χ2n) is 22.0. The van der Waals surface area contributed by atoms with Gasteiger partial charge in [-0.1, -0.05) is 43.3 Å². The molecule has 94 heavy (non-hydrogen) atoms. The maximum absolute atomic E-state index is 14.4. The van der Waals surface area contributed by atoms with Gasteiger partial charge in [0.2, 0.25) is 0 Å². The van der Waals surface area contributed by atoms with E-state index >= 15 is 0 Å². The second-order valence-corrected chi connectivity index (χ2v) is 25.3. The molecule has 0 bridgehead atoms. The number of carbonyl (C=O) groups excluding carboxylic acids is 2. The summed E-state index contributed by atoms with van der Waals surface area (Å²) in [7, 11) is 3.01. The fourth-order valence-corrected chi connectivity index (χ4v) is 14.6. The quantitative estimate of drug-likeness (QED) is 0.0445. The van der Waals surface area contributed by atoms with Crippen LogP contribution < -0.4 is 38.9 Å². The number of Topliss-reactive ketones (excluding diaryl/α,β-unsaturated/α-hetero) is 2. The van der Waals surface area contributed by atoms with Crippen LogP contribution in [0.2, 0.25) is 0 Å². The highest BCUT2D eigenvalue weighted by molar-refractivity contribution is 7.20. The number of methoxy groups -OCH3 is 2. The Morgan fingerprint density at radius 1 is 0.521 bits per heavy atom. The molecule has 0 saturated heterocycles. The summed E-state index contributed by atoms with van der Waals surface area (Å²) >= 11 is 4.09. The van der Waals surface area contributed by atoms with E-state index in [1.54, 1.807) is 91.0 Å². The molecule has 0 amide bonds. The predicted octanol–water partition coefficient (Wildman–Crippen LogP) is 14.5. The SMILES string of the molecule is CCCOc1ccc(C(=O)CCC(O)c2ccc3c(n2)-c2c(sc4c(F)cccc24)CO3)cc1OC.COc1cc(C(=O)CCC(O)c2ccc3c(n2)-c2c(sc4c(F)cccc24)CO3)ccc1OCCO.NCC(O)c1ccc2c(n1)-c1c(sc3c(F)cccc13)CO2. The molecule has 6 N–H and O–H groups in total. The number of aliphatic hydroxyl groups excluding tert-OH is 4. The number of hydrogen-bond donors (Lipinski definition) is 5. The van der Waals surface area contributed by atoms with E-state index < -0.39 is 18.3 Å². The van der Waals surface area contributed by atoms with Gasteiger partial charge < -0.3 is 59.3 Å². The number of ketones is 2. The maximum Gasteiger partial charge on any atom is 0.163 e. The Morgan fingerprint density at radius 2 is 0.894 bits per heavy atom. The van der Waals surface area contributed by atoms with Crippen LogP contribution in [0.5, 0.6) is 40.2 Å². The summed E-state index contributed by atoms with van der Waals surface area (Å²) in [4.78, 5) is 42.2. The molecule has 0 radical (unpaired) electrons. The number of thiophene rings is 3. The van der Waals surface area contributed by atoms with Crippen molar-refractivity contribution < 1.29 is 76.3 Å². The molecule has 6 aromatic heterocycles. The number of aromatic nitrogens is 3. The summed E-state index contributed by atoms with van der Waals surface area (Å²) in [5.41, 5.74) is 12.1. The van der Waals surface area contributed by atoms with Crippen LogP contribution in [0.4, 0.5) is 13.2 Å². The lowest BCUT2D eigenvalue weighted by molar-refractivity contribution is 0.0931. The van der Waals surface area contributed by atoms with Gasteiger partial charge in [0, 0.05) is 63.4 Å². The third kappa shape index (κ3) is 13.3. The summed E-state index contributed by atoms with van der Waals surface area (Å²) in [5.74, 6) is 2.66. The third-order valence-electron chi connectivity index (χ3n) is 16.0. The van der Waals surface area contributed by atoms with Gasteiger partial charge in [0.25, 0.3) is 0 Å². The molecule has 11 aromatic rings. The summed E-state index contributed by atoms with van der Waals surface area (Å²) in [6.07, 6.45) is -1.28. The molecule has 9 heterocycles. The molecule has 23 heteroatoms. The van der Waals surface area contributed by atoms with Gasteiger partial charge in [-0.15, -0.1) is 34.0 Å². The fourth-order valence-electron chi connectivity index (χ4n) is 11.3. The first-order valence-corrected chi connectivity index (χ1v) is 32.7. The number of pyridine rings is 3. The number of nitrogens with zero attached hydrogens (tertiary/aromatic N) is 3. The van der Waals surface area contributed by atoms with Gasteiger partial charge in [0.15, 0.2) is 34.6 Å². The minimum Gasteiger partial charge on any atom is -0.493 e. The van der Waals surface area contributed by atoms with E-state index in [0.29, 0.717) is 126 Å².